The fraction of sp³-hybridized carbons (Fsp3) is 0.364. The van der Waals surface area contributed by atoms with Crippen LogP contribution in [-0.4, -0.2) is 26.0 Å². The lowest BCUT2D eigenvalue weighted by Crippen LogP contribution is -2.45. The highest BCUT2D eigenvalue weighted by atomic mass is 16.5. The van der Waals surface area contributed by atoms with Gasteiger partial charge in [-0.05, 0) is 62.6 Å². The van der Waals surface area contributed by atoms with E-state index in [1.165, 1.54) is 0 Å². The van der Waals surface area contributed by atoms with Gasteiger partial charge in [-0.25, -0.2) is 0 Å². The summed E-state index contributed by atoms with van der Waals surface area (Å²) in [6, 6.07) is 11.1. The molecule has 0 aliphatic rings. The first-order valence-electron chi connectivity index (χ1n) is 9.07. The maximum Gasteiger partial charge on any atom is 0.239 e. The van der Waals surface area contributed by atoms with E-state index in [4.69, 9.17) is 9.47 Å². The summed E-state index contributed by atoms with van der Waals surface area (Å²) >= 11 is 0. The standard InChI is InChI=1S/C22H28N2O4/c1-14-8-7-9-17(15(14)2)24-21(26)22(3,4)20(25)23-13-16-10-11-18(27-5)19(12-16)28-6/h7-12H,13H2,1-6H3,(H,23,25)(H,24,26). The van der Waals surface area contributed by atoms with Gasteiger partial charge >= 0.3 is 0 Å². The lowest BCUT2D eigenvalue weighted by molar-refractivity contribution is -0.138. The van der Waals surface area contributed by atoms with Crippen molar-refractivity contribution in [2.45, 2.75) is 34.2 Å². The summed E-state index contributed by atoms with van der Waals surface area (Å²) in [6.45, 7) is 7.41. The molecule has 6 nitrogen and oxygen atoms in total. The summed E-state index contributed by atoms with van der Waals surface area (Å²) in [4.78, 5) is 25.4. The van der Waals surface area contributed by atoms with Crippen molar-refractivity contribution in [1.29, 1.82) is 0 Å². The molecule has 0 radical (unpaired) electrons. The van der Waals surface area contributed by atoms with Gasteiger partial charge in [-0.1, -0.05) is 18.2 Å². The van der Waals surface area contributed by atoms with E-state index in [0.717, 1.165) is 16.7 Å². The van der Waals surface area contributed by atoms with Gasteiger partial charge in [0.05, 0.1) is 14.2 Å². The van der Waals surface area contributed by atoms with Crippen LogP contribution in [0.5, 0.6) is 11.5 Å². The predicted molar refractivity (Wildman–Crippen MR) is 110 cm³/mol. The average Bonchev–Trinajstić information content (AvgIpc) is 2.69. The SMILES string of the molecule is COc1ccc(CNC(=O)C(C)(C)C(=O)Nc2cccc(C)c2C)cc1OC. The van der Waals surface area contributed by atoms with Crippen LogP contribution in [0.3, 0.4) is 0 Å². The molecule has 2 amide bonds. The van der Waals surface area contributed by atoms with E-state index in [0.29, 0.717) is 17.2 Å². The Bertz CT molecular complexity index is 875. The minimum Gasteiger partial charge on any atom is -0.493 e. The molecule has 0 aliphatic heterocycles. The van der Waals surface area contributed by atoms with Gasteiger partial charge in [0.2, 0.25) is 11.8 Å². The molecule has 2 aromatic carbocycles. The molecular weight excluding hydrogens is 356 g/mol. The van der Waals surface area contributed by atoms with Crippen molar-refractivity contribution in [3.8, 4) is 11.5 Å². The molecule has 0 spiro atoms. The molecule has 0 heterocycles. The van der Waals surface area contributed by atoms with Crippen LogP contribution < -0.4 is 20.1 Å². The number of anilines is 1. The van der Waals surface area contributed by atoms with E-state index >= 15 is 0 Å². The van der Waals surface area contributed by atoms with E-state index in [2.05, 4.69) is 10.6 Å². The second kappa shape index (κ2) is 8.78. The van der Waals surface area contributed by atoms with Gasteiger partial charge in [0.25, 0.3) is 0 Å². The Morgan fingerprint density at radius 2 is 1.64 bits per heavy atom. The minimum atomic E-state index is -1.23. The van der Waals surface area contributed by atoms with Crippen molar-refractivity contribution in [3.63, 3.8) is 0 Å². The number of aryl methyl sites for hydroxylation is 1. The summed E-state index contributed by atoms with van der Waals surface area (Å²) in [7, 11) is 3.12. The lowest BCUT2D eigenvalue weighted by atomic mass is 9.90. The number of hydrogen-bond acceptors (Lipinski definition) is 4. The number of amides is 2. The minimum absolute atomic E-state index is 0.277. The number of carbonyl (C=O) groups is 2. The van der Waals surface area contributed by atoms with Gasteiger partial charge in [-0.2, -0.15) is 0 Å². The number of rotatable bonds is 7. The Kier molecular flexibility index (Phi) is 6.67. The van der Waals surface area contributed by atoms with Crippen molar-refractivity contribution >= 4 is 17.5 Å². The highest BCUT2D eigenvalue weighted by Crippen LogP contribution is 2.28. The van der Waals surface area contributed by atoms with Crippen LogP contribution >= 0.6 is 0 Å². The Balaban J connectivity index is 2.05. The Morgan fingerprint density at radius 3 is 2.29 bits per heavy atom. The van der Waals surface area contributed by atoms with Crippen molar-refractivity contribution in [2.75, 3.05) is 19.5 Å². The molecule has 6 heteroatoms. The molecule has 0 saturated heterocycles. The molecule has 0 unspecified atom stereocenters. The smallest absolute Gasteiger partial charge is 0.239 e. The maximum atomic E-state index is 12.7. The summed E-state index contributed by atoms with van der Waals surface area (Å²) in [5, 5.41) is 5.69. The second-order valence-corrected chi connectivity index (χ2v) is 7.20. The number of nitrogens with one attached hydrogen (secondary N) is 2. The number of carbonyl (C=O) groups excluding carboxylic acids is 2. The first-order valence-corrected chi connectivity index (χ1v) is 9.07. The first kappa shape index (κ1) is 21.3. The van der Waals surface area contributed by atoms with Gasteiger partial charge in [0.1, 0.15) is 5.41 Å². The monoisotopic (exact) mass is 384 g/mol. The molecule has 0 bridgehead atoms. The fourth-order valence-electron chi connectivity index (χ4n) is 2.66. The second-order valence-electron chi connectivity index (χ2n) is 7.20. The highest BCUT2D eigenvalue weighted by molar-refractivity contribution is 6.10. The normalized spacial score (nSPS) is 10.9. The molecule has 0 fully saturated rings. The number of hydrogen-bond donors (Lipinski definition) is 2. The highest BCUT2D eigenvalue weighted by Gasteiger charge is 2.36. The van der Waals surface area contributed by atoms with E-state index < -0.39 is 5.41 Å². The zero-order valence-corrected chi connectivity index (χ0v) is 17.3. The molecule has 28 heavy (non-hydrogen) atoms. The largest absolute Gasteiger partial charge is 0.493 e. The molecule has 2 N–H and O–H groups in total. The van der Waals surface area contributed by atoms with E-state index in [-0.39, 0.29) is 18.4 Å². The van der Waals surface area contributed by atoms with Crippen LogP contribution in [0, 0.1) is 19.3 Å². The molecule has 0 aliphatic carbocycles. The summed E-state index contributed by atoms with van der Waals surface area (Å²) in [6.07, 6.45) is 0. The van der Waals surface area contributed by atoms with Gasteiger partial charge in [-0.3, -0.25) is 9.59 Å². The van der Waals surface area contributed by atoms with Crippen LogP contribution in [0.4, 0.5) is 5.69 Å². The first-order chi connectivity index (χ1) is 13.2. The molecule has 2 aromatic rings. The zero-order chi connectivity index (χ0) is 20.9. The maximum absolute atomic E-state index is 12.7. The molecule has 0 aromatic heterocycles. The lowest BCUT2D eigenvalue weighted by Gasteiger charge is -2.23. The Morgan fingerprint density at radius 1 is 0.964 bits per heavy atom. The molecule has 0 saturated carbocycles. The van der Waals surface area contributed by atoms with Crippen molar-refractivity contribution in [2.24, 2.45) is 5.41 Å². The third kappa shape index (κ3) is 4.63. The van der Waals surface area contributed by atoms with Crippen molar-refractivity contribution < 1.29 is 19.1 Å². The number of ether oxygens (including phenoxy) is 2. The number of methoxy groups -OCH3 is 2. The summed E-state index contributed by atoms with van der Waals surface area (Å²) in [5.74, 6) is 0.489. The van der Waals surface area contributed by atoms with Crippen LogP contribution in [0.25, 0.3) is 0 Å². The quantitative estimate of drug-likeness (QED) is 0.715. The van der Waals surface area contributed by atoms with E-state index in [1.807, 2.05) is 38.1 Å². The van der Waals surface area contributed by atoms with Crippen LogP contribution in [0.1, 0.15) is 30.5 Å². The van der Waals surface area contributed by atoms with E-state index in [9.17, 15) is 9.59 Å². The Labute approximate surface area is 166 Å². The van der Waals surface area contributed by atoms with Crippen molar-refractivity contribution in [3.05, 3.63) is 53.1 Å². The molecule has 2 rings (SSSR count). The fourth-order valence-corrected chi connectivity index (χ4v) is 2.66. The zero-order valence-electron chi connectivity index (χ0n) is 17.3. The molecule has 0 atom stereocenters. The predicted octanol–water partition coefficient (Wildman–Crippen LogP) is 3.60. The van der Waals surface area contributed by atoms with Gasteiger partial charge in [0, 0.05) is 12.2 Å². The van der Waals surface area contributed by atoms with E-state index in [1.54, 1.807) is 40.2 Å². The van der Waals surface area contributed by atoms with Crippen molar-refractivity contribution in [1.82, 2.24) is 5.32 Å². The third-order valence-corrected chi connectivity index (χ3v) is 4.89. The Hall–Kier alpha value is -3.02. The number of benzene rings is 2. The van der Waals surface area contributed by atoms with Gasteiger partial charge < -0.3 is 20.1 Å². The van der Waals surface area contributed by atoms with Gasteiger partial charge in [0.15, 0.2) is 11.5 Å². The summed E-state index contributed by atoms with van der Waals surface area (Å²) < 4.78 is 10.5. The van der Waals surface area contributed by atoms with Crippen LogP contribution in [0.2, 0.25) is 0 Å². The molecule has 150 valence electrons. The average molecular weight is 384 g/mol. The van der Waals surface area contributed by atoms with Gasteiger partial charge in [-0.15, -0.1) is 0 Å². The summed E-state index contributed by atoms with van der Waals surface area (Å²) in [5.41, 5.74) is 2.39. The van der Waals surface area contributed by atoms with Crippen LogP contribution in [-0.2, 0) is 16.1 Å². The third-order valence-electron chi connectivity index (χ3n) is 4.89. The topological polar surface area (TPSA) is 76.7 Å². The van der Waals surface area contributed by atoms with Crippen LogP contribution in [0.15, 0.2) is 36.4 Å². The molecular formula is C22H28N2O4.